The second kappa shape index (κ2) is 10.4. The highest BCUT2D eigenvalue weighted by Crippen LogP contribution is 2.35. The van der Waals surface area contributed by atoms with Gasteiger partial charge in [-0.2, -0.15) is 0 Å². The Bertz CT molecular complexity index is 1160. The van der Waals surface area contributed by atoms with Crippen LogP contribution < -0.4 is 20.5 Å². The molecule has 0 saturated heterocycles. The van der Waals surface area contributed by atoms with Crippen molar-refractivity contribution in [2.24, 2.45) is 5.73 Å². The first-order valence-electron chi connectivity index (χ1n) is 9.63. The molecule has 12 heteroatoms. The maximum Gasteiger partial charge on any atom is 0.405 e. The molecule has 0 aliphatic heterocycles. The third kappa shape index (κ3) is 5.47. The zero-order chi connectivity index (χ0) is 24.1. The molecule has 10 nitrogen and oxygen atoms in total. The molecule has 33 heavy (non-hydrogen) atoms. The number of benzene rings is 1. The molecule has 2 aromatic heterocycles. The summed E-state index contributed by atoms with van der Waals surface area (Å²) in [5.41, 5.74) is 5.60. The van der Waals surface area contributed by atoms with Gasteiger partial charge in [-0.05, 0) is 32.0 Å². The lowest BCUT2D eigenvalue weighted by molar-refractivity contribution is 0.0956. The van der Waals surface area contributed by atoms with Gasteiger partial charge in [-0.25, -0.2) is 9.78 Å². The van der Waals surface area contributed by atoms with Crippen LogP contribution in [0, 0.1) is 0 Å². The second-order valence-corrected chi connectivity index (χ2v) is 7.36. The van der Waals surface area contributed by atoms with E-state index in [1.165, 1.54) is 26.4 Å². The Labute approximate surface area is 198 Å². The Morgan fingerprint density at radius 3 is 2.52 bits per heavy atom. The van der Waals surface area contributed by atoms with Gasteiger partial charge in [-0.1, -0.05) is 23.2 Å². The normalized spacial score (nSPS) is 11.5. The lowest BCUT2D eigenvalue weighted by Gasteiger charge is -2.11. The molecule has 2 heterocycles. The van der Waals surface area contributed by atoms with Crippen LogP contribution in [0.1, 0.15) is 36.2 Å². The van der Waals surface area contributed by atoms with E-state index in [1.54, 1.807) is 18.2 Å². The number of halogens is 2. The molecule has 0 fully saturated rings. The summed E-state index contributed by atoms with van der Waals surface area (Å²) in [7, 11) is 1.52. The number of amides is 2. The minimum absolute atomic E-state index is 0.0311. The number of aromatic nitrogens is 2. The molecule has 174 valence electrons. The van der Waals surface area contributed by atoms with Crippen molar-refractivity contribution in [1.82, 2.24) is 9.97 Å². The first kappa shape index (κ1) is 24.1. The van der Waals surface area contributed by atoms with E-state index in [1.807, 2.05) is 6.92 Å². The van der Waals surface area contributed by atoms with Crippen LogP contribution in [0.5, 0.6) is 11.5 Å². The van der Waals surface area contributed by atoms with Gasteiger partial charge in [0.1, 0.15) is 0 Å². The summed E-state index contributed by atoms with van der Waals surface area (Å²) in [4.78, 5) is 32.5. The number of ether oxygens (including phenoxy) is 3. The fraction of sp³-hybridized carbons (Fsp3) is 0.238. The largest absolute Gasteiger partial charge is 0.493 e. The molecule has 3 rings (SSSR count). The molecule has 1 atom stereocenters. The third-order valence-corrected chi connectivity index (χ3v) is 4.91. The van der Waals surface area contributed by atoms with Gasteiger partial charge >= 0.3 is 6.09 Å². The summed E-state index contributed by atoms with van der Waals surface area (Å²) in [6, 6.07) is 4.99. The predicted octanol–water partition coefficient (Wildman–Crippen LogP) is 4.86. The van der Waals surface area contributed by atoms with E-state index in [0.717, 1.165) is 0 Å². The Morgan fingerprint density at radius 1 is 1.21 bits per heavy atom. The zero-order valence-corrected chi connectivity index (χ0v) is 19.4. The second-order valence-electron chi connectivity index (χ2n) is 6.54. The minimum Gasteiger partial charge on any atom is -0.493 e. The maximum absolute atomic E-state index is 13.1. The van der Waals surface area contributed by atoms with Crippen LogP contribution in [0.4, 0.5) is 10.5 Å². The molecule has 3 N–H and O–H groups in total. The van der Waals surface area contributed by atoms with Crippen LogP contribution in [0.15, 0.2) is 35.0 Å². The van der Waals surface area contributed by atoms with Crippen LogP contribution in [-0.4, -0.2) is 35.7 Å². The number of methoxy groups -OCH3 is 1. The van der Waals surface area contributed by atoms with Crippen molar-refractivity contribution < 1.29 is 28.2 Å². The summed E-state index contributed by atoms with van der Waals surface area (Å²) < 4.78 is 21.7. The molecule has 2 amide bonds. The van der Waals surface area contributed by atoms with Crippen LogP contribution >= 0.6 is 23.2 Å². The fourth-order valence-electron chi connectivity index (χ4n) is 2.90. The van der Waals surface area contributed by atoms with E-state index in [4.69, 9.17) is 47.6 Å². The number of primary amides is 1. The van der Waals surface area contributed by atoms with Crippen molar-refractivity contribution >= 4 is 40.9 Å². The van der Waals surface area contributed by atoms with Crippen molar-refractivity contribution in [1.29, 1.82) is 0 Å². The zero-order valence-electron chi connectivity index (χ0n) is 17.8. The van der Waals surface area contributed by atoms with E-state index < -0.39 is 18.1 Å². The number of pyridine rings is 1. The van der Waals surface area contributed by atoms with E-state index >= 15 is 0 Å². The molecule has 1 aromatic carbocycles. The average Bonchev–Trinajstić information content (AvgIpc) is 3.22. The minimum atomic E-state index is -1.05. The molecule has 0 unspecified atom stereocenters. The summed E-state index contributed by atoms with van der Waals surface area (Å²) in [5, 5.41) is 2.82. The molecule has 0 spiro atoms. The summed E-state index contributed by atoms with van der Waals surface area (Å²) in [5.74, 6) is 0.313. The highest BCUT2D eigenvalue weighted by Gasteiger charge is 2.28. The maximum atomic E-state index is 13.1. The standard InChI is InChI=1S/C21H20Cl2N4O6/c1-4-31-15-7-11(5-6-14(15)30-3)20-27-17(18(33-20)10(2)32-21(24)29)19(28)26-16-12(22)8-25-9-13(16)23/h5-10H,4H2,1-3H3,(H2,24,29)(H,25,26,28)/t10-/m0/s1. The average molecular weight is 495 g/mol. The number of nitrogens with two attached hydrogens (primary N) is 1. The van der Waals surface area contributed by atoms with Gasteiger partial charge in [0, 0.05) is 18.0 Å². The van der Waals surface area contributed by atoms with Crippen molar-refractivity contribution in [3.05, 3.63) is 52.1 Å². The van der Waals surface area contributed by atoms with Crippen LogP contribution in [0.2, 0.25) is 10.0 Å². The lowest BCUT2D eigenvalue weighted by atomic mass is 10.2. The topological polar surface area (TPSA) is 139 Å². The quantitative estimate of drug-likeness (QED) is 0.452. The van der Waals surface area contributed by atoms with Crippen molar-refractivity contribution in [3.63, 3.8) is 0 Å². The number of anilines is 1. The molecule has 0 radical (unpaired) electrons. The van der Waals surface area contributed by atoms with Gasteiger partial charge < -0.3 is 29.7 Å². The Hall–Kier alpha value is -3.50. The molecule has 3 aromatic rings. The summed E-state index contributed by atoms with van der Waals surface area (Å²) in [6.07, 6.45) is 0.584. The Morgan fingerprint density at radius 2 is 1.91 bits per heavy atom. The number of hydrogen-bond donors (Lipinski definition) is 2. The summed E-state index contributed by atoms with van der Waals surface area (Å²) in [6.45, 7) is 3.72. The highest BCUT2D eigenvalue weighted by atomic mass is 35.5. The van der Waals surface area contributed by atoms with Crippen LogP contribution in [0.25, 0.3) is 11.5 Å². The van der Waals surface area contributed by atoms with E-state index in [-0.39, 0.29) is 33.1 Å². The van der Waals surface area contributed by atoms with Gasteiger partial charge in [0.2, 0.25) is 5.89 Å². The fourth-order valence-corrected chi connectivity index (χ4v) is 3.36. The number of carbonyl (C=O) groups excluding carboxylic acids is 2. The van der Waals surface area contributed by atoms with Gasteiger partial charge in [0.15, 0.2) is 29.1 Å². The van der Waals surface area contributed by atoms with E-state index in [9.17, 15) is 9.59 Å². The molecular formula is C21H20Cl2N4O6. The van der Waals surface area contributed by atoms with E-state index in [0.29, 0.717) is 23.7 Å². The van der Waals surface area contributed by atoms with Gasteiger partial charge in [0.25, 0.3) is 5.91 Å². The van der Waals surface area contributed by atoms with Crippen LogP contribution in [-0.2, 0) is 4.74 Å². The molecule has 0 aliphatic carbocycles. The SMILES string of the molecule is CCOc1cc(-c2nc(C(=O)Nc3c(Cl)cncc3Cl)c([C@H](C)OC(N)=O)o2)ccc1OC. The van der Waals surface area contributed by atoms with Crippen molar-refractivity contribution in [2.45, 2.75) is 20.0 Å². The third-order valence-electron chi connectivity index (χ3n) is 4.33. The first-order chi connectivity index (χ1) is 15.7. The molecule has 0 saturated carbocycles. The monoisotopic (exact) mass is 494 g/mol. The van der Waals surface area contributed by atoms with Crippen molar-refractivity contribution in [3.8, 4) is 23.0 Å². The lowest BCUT2D eigenvalue weighted by Crippen LogP contribution is -2.19. The highest BCUT2D eigenvalue weighted by molar-refractivity contribution is 6.39. The predicted molar refractivity (Wildman–Crippen MR) is 121 cm³/mol. The molecule has 0 aliphatic rings. The van der Waals surface area contributed by atoms with Crippen LogP contribution in [0.3, 0.4) is 0 Å². The van der Waals surface area contributed by atoms with Gasteiger partial charge in [0.05, 0.1) is 29.4 Å². The smallest absolute Gasteiger partial charge is 0.405 e. The molecule has 0 bridgehead atoms. The Kier molecular flexibility index (Phi) is 7.62. The van der Waals surface area contributed by atoms with Crippen molar-refractivity contribution in [2.75, 3.05) is 19.0 Å². The molecular weight excluding hydrogens is 475 g/mol. The number of nitrogens with zero attached hydrogens (tertiary/aromatic N) is 2. The van der Waals surface area contributed by atoms with Gasteiger partial charge in [-0.15, -0.1) is 0 Å². The number of oxazole rings is 1. The summed E-state index contributed by atoms with van der Waals surface area (Å²) >= 11 is 12.2. The van der Waals surface area contributed by atoms with Gasteiger partial charge in [-0.3, -0.25) is 9.78 Å². The number of nitrogens with one attached hydrogen (secondary N) is 1. The first-order valence-corrected chi connectivity index (χ1v) is 10.4. The Balaban J connectivity index is 2.05. The number of rotatable bonds is 8. The van der Waals surface area contributed by atoms with E-state index in [2.05, 4.69) is 15.3 Å². The number of carbonyl (C=O) groups is 2. The number of hydrogen-bond acceptors (Lipinski definition) is 8.